The first-order valence-corrected chi connectivity index (χ1v) is 6.05. The third-order valence-electron chi connectivity index (χ3n) is 2.56. The van der Waals surface area contributed by atoms with Gasteiger partial charge in [-0.05, 0) is 24.1 Å². The standard InChI is InChI=1S/C13H18FN3O2/c1-10(18)17(8-6-15)13(19)16-7-5-11-3-2-4-12(14)9-11/h2-4,9H,5-8,15H2,1H3,(H,16,19). The summed E-state index contributed by atoms with van der Waals surface area (Å²) in [6, 6.07) is 5.69. The molecule has 0 aliphatic rings. The summed E-state index contributed by atoms with van der Waals surface area (Å²) in [6.07, 6.45) is 0.498. The largest absolute Gasteiger partial charge is 0.337 e. The molecule has 1 aromatic rings. The Hall–Kier alpha value is -1.95. The summed E-state index contributed by atoms with van der Waals surface area (Å²) < 4.78 is 12.9. The van der Waals surface area contributed by atoms with Crippen molar-refractivity contribution in [2.75, 3.05) is 19.6 Å². The second kappa shape index (κ2) is 7.48. The molecular formula is C13H18FN3O2. The molecule has 19 heavy (non-hydrogen) atoms. The van der Waals surface area contributed by atoms with E-state index in [1.807, 2.05) is 0 Å². The summed E-state index contributed by atoms with van der Waals surface area (Å²) in [5, 5.41) is 2.60. The lowest BCUT2D eigenvalue weighted by Gasteiger charge is -2.18. The molecule has 0 atom stereocenters. The summed E-state index contributed by atoms with van der Waals surface area (Å²) in [5.41, 5.74) is 6.11. The van der Waals surface area contributed by atoms with Crippen molar-refractivity contribution in [2.24, 2.45) is 5.73 Å². The van der Waals surface area contributed by atoms with Crippen molar-refractivity contribution in [2.45, 2.75) is 13.3 Å². The number of halogens is 1. The van der Waals surface area contributed by atoms with Gasteiger partial charge in [-0.15, -0.1) is 0 Å². The third-order valence-corrected chi connectivity index (χ3v) is 2.56. The molecule has 3 N–H and O–H groups in total. The van der Waals surface area contributed by atoms with E-state index >= 15 is 0 Å². The number of imide groups is 1. The molecule has 104 valence electrons. The van der Waals surface area contributed by atoms with Crippen LogP contribution in [0.4, 0.5) is 9.18 Å². The Labute approximate surface area is 111 Å². The molecule has 1 rings (SSSR count). The molecule has 0 spiro atoms. The first kappa shape index (κ1) is 15.1. The smallest absolute Gasteiger partial charge is 0.324 e. The molecule has 0 fully saturated rings. The number of carbonyl (C=O) groups excluding carboxylic acids is 2. The maximum atomic E-state index is 12.9. The Kier molecular flexibility index (Phi) is 5.95. The highest BCUT2D eigenvalue weighted by atomic mass is 19.1. The Morgan fingerprint density at radius 2 is 2.16 bits per heavy atom. The first-order valence-electron chi connectivity index (χ1n) is 6.05. The van der Waals surface area contributed by atoms with Gasteiger partial charge < -0.3 is 11.1 Å². The predicted molar refractivity (Wildman–Crippen MR) is 69.9 cm³/mol. The van der Waals surface area contributed by atoms with E-state index in [1.165, 1.54) is 19.1 Å². The van der Waals surface area contributed by atoms with Gasteiger partial charge in [0.15, 0.2) is 0 Å². The van der Waals surface area contributed by atoms with Gasteiger partial charge >= 0.3 is 6.03 Å². The summed E-state index contributed by atoms with van der Waals surface area (Å²) in [7, 11) is 0. The van der Waals surface area contributed by atoms with Crippen molar-refractivity contribution in [3.8, 4) is 0 Å². The minimum atomic E-state index is -0.477. The van der Waals surface area contributed by atoms with E-state index in [0.717, 1.165) is 10.5 Å². The van der Waals surface area contributed by atoms with Crippen LogP contribution in [0.2, 0.25) is 0 Å². The van der Waals surface area contributed by atoms with Crippen LogP contribution in [0.5, 0.6) is 0 Å². The maximum Gasteiger partial charge on any atom is 0.324 e. The second-order valence-electron chi connectivity index (χ2n) is 4.07. The number of hydrogen-bond acceptors (Lipinski definition) is 3. The van der Waals surface area contributed by atoms with Gasteiger partial charge in [0.2, 0.25) is 5.91 Å². The quantitative estimate of drug-likeness (QED) is 0.831. The summed E-state index contributed by atoms with van der Waals surface area (Å²) in [6.45, 7) is 2.04. The fourth-order valence-electron chi connectivity index (χ4n) is 1.63. The van der Waals surface area contributed by atoms with Crippen LogP contribution in [0, 0.1) is 5.82 Å². The molecular weight excluding hydrogens is 249 g/mol. The van der Waals surface area contributed by atoms with E-state index in [4.69, 9.17) is 5.73 Å². The zero-order valence-corrected chi connectivity index (χ0v) is 10.9. The molecule has 0 saturated carbocycles. The number of urea groups is 1. The number of nitrogens with two attached hydrogens (primary N) is 1. The molecule has 0 radical (unpaired) electrons. The van der Waals surface area contributed by atoms with Gasteiger partial charge in [-0.3, -0.25) is 9.69 Å². The molecule has 5 nitrogen and oxygen atoms in total. The minimum absolute atomic E-state index is 0.182. The molecule has 0 saturated heterocycles. The zero-order valence-electron chi connectivity index (χ0n) is 10.9. The van der Waals surface area contributed by atoms with Crippen molar-refractivity contribution in [1.29, 1.82) is 0 Å². The molecule has 0 aliphatic carbocycles. The fourth-order valence-corrected chi connectivity index (χ4v) is 1.63. The zero-order chi connectivity index (χ0) is 14.3. The maximum absolute atomic E-state index is 12.9. The Morgan fingerprint density at radius 3 is 2.74 bits per heavy atom. The van der Waals surface area contributed by atoms with E-state index in [1.54, 1.807) is 12.1 Å². The lowest BCUT2D eigenvalue weighted by atomic mass is 10.1. The Bertz CT molecular complexity index is 451. The first-order chi connectivity index (χ1) is 9.04. The van der Waals surface area contributed by atoms with Gasteiger partial charge in [0.1, 0.15) is 5.82 Å². The molecule has 3 amide bonds. The summed E-state index contributed by atoms with van der Waals surface area (Å²) in [5.74, 6) is -0.661. The van der Waals surface area contributed by atoms with Gasteiger partial charge in [-0.1, -0.05) is 12.1 Å². The highest BCUT2D eigenvalue weighted by Gasteiger charge is 2.15. The molecule has 0 aliphatic heterocycles. The highest BCUT2D eigenvalue weighted by Crippen LogP contribution is 2.03. The average Bonchev–Trinajstić information content (AvgIpc) is 2.35. The number of nitrogens with zero attached hydrogens (tertiary/aromatic N) is 1. The van der Waals surface area contributed by atoms with E-state index in [0.29, 0.717) is 13.0 Å². The van der Waals surface area contributed by atoms with Gasteiger partial charge in [-0.2, -0.15) is 0 Å². The van der Waals surface area contributed by atoms with E-state index < -0.39 is 6.03 Å². The van der Waals surface area contributed by atoms with Gasteiger partial charge in [0.25, 0.3) is 0 Å². The minimum Gasteiger partial charge on any atom is -0.337 e. The second-order valence-corrected chi connectivity index (χ2v) is 4.07. The topological polar surface area (TPSA) is 75.4 Å². The third kappa shape index (κ3) is 5.05. The highest BCUT2D eigenvalue weighted by molar-refractivity contribution is 5.93. The van der Waals surface area contributed by atoms with Crippen LogP contribution >= 0.6 is 0 Å². The van der Waals surface area contributed by atoms with Crippen LogP contribution in [-0.4, -0.2) is 36.5 Å². The monoisotopic (exact) mass is 267 g/mol. The lowest BCUT2D eigenvalue weighted by molar-refractivity contribution is -0.125. The van der Waals surface area contributed by atoms with Crippen LogP contribution < -0.4 is 11.1 Å². The van der Waals surface area contributed by atoms with E-state index in [9.17, 15) is 14.0 Å². The average molecular weight is 267 g/mol. The SMILES string of the molecule is CC(=O)N(CCN)C(=O)NCCc1cccc(F)c1. The Balaban J connectivity index is 2.43. The summed E-state index contributed by atoms with van der Waals surface area (Å²) in [4.78, 5) is 24.0. The van der Waals surface area contributed by atoms with Gasteiger partial charge in [-0.25, -0.2) is 9.18 Å². The normalized spacial score (nSPS) is 10.1. The number of nitrogens with one attached hydrogen (secondary N) is 1. The fraction of sp³-hybridized carbons (Fsp3) is 0.385. The number of carbonyl (C=O) groups is 2. The Morgan fingerprint density at radius 1 is 1.42 bits per heavy atom. The van der Waals surface area contributed by atoms with Crippen molar-refractivity contribution in [1.82, 2.24) is 10.2 Å². The molecule has 0 unspecified atom stereocenters. The number of benzene rings is 1. The molecule has 0 heterocycles. The van der Waals surface area contributed by atoms with Gasteiger partial charge in [0, 0.05) is 26.6 Å². The van der Waals surface area contributed by atoms with Crippen LogP contribution in [0.15, 0.2) is 24.3 Å². The van der Waals surface area contributed by atoms with E-state index in [2.05, 4.69) is 5.32 Å². The predicted octanol–water partition coefficient (Wildman–Crippen LogP) is 0.885. The van der Waals surface area contributed by atoms with Crippen molar-refractivity contribution >= 4 is 11.9 Å². The van der Waals surface area contributed by atoms with Crippen LogP contribution in [0.1, 0.15) is 12.5 Å². The van der Waals surface area contributed by atoms with Crippen molar-refractivity contribution < 1.29 is 14.0 Å². The van der Waals surface area contributed by atoms with Crippen LogP contribution in [0.3, 0.4) is 0 Å². The number of amides is 3. The molecule has 6 heteroatoms. The van der Waals surface area contributed by atoms with Crippen molar-refractivity contribution in [3.05, 3.63) is 35.6 Å². The number of hydrogen-bond donors (Lipinski definition) is 2. The van der Waals surface area contributed by atoms with Crippen molar-refractivity contribution in [3.63, 3.8) is 0 Å². The summed E-state index contributed by atoms with van der Waals surface area (Å²) >= 11 is 0. The molecule has 0 bridgehead atoms. The number of rotatable bonds is 5. The lowest BCUT2D eigenvalue weighted by Crippen LogP contribution is -2.45. The van der Waals surface area contributed by atoms with Crippen LogP contribution in [0.25, 0.3) is 0 Å². The van der Waals surface area contributed by atoms with Gasteiger partial charge in [0.05, 0.1) is 0 Å². The van der Waals surface area contributed by atoms with Crippen LogP contribution in [-0.2, 0) is 11.2 Å². The van der Waals surface area contributed by atoms with E-state index in [-0.39, 0.29) is 24.8 Å². The molecule has 0 aromatic heterocycles. The molecule has 1 aromatic carbocycles.